The van der Waals surface area contributed by atoms with Gasteiger partial charge in [0, 0.05) is 10.9 Å². The molecule has 0 spiro atoms. The van der Waals surface area contributed by atoms with Crippen molar-refractivity contribution in [2.24, 2.45) is 5.92 Å². The first-order valence-corrected chi connectivity index (χ1v) is 7.21. The lowest BCUT2D eigenvalue weighted by Crippen LogP contribution is -2.14. The van der Waals surface area contributed by atoms with Gasteiger partial charge in [0.1, 0.15) is 0 Å². The predicted molar refractivity (Wildman–Crippen MR) is 82.4 cm³/mol. The van der Waals surface area contributed by atoms with Crippen molar-refractivity contribution in [2.45, 2.75) is 12.3 Å². The van der Waals surface area contributed by atoms with Crippen molar-refractivity contribution in [3.8, 4) is 0 Å². The lowest BCUT2D eigenvalue weighted by molar-refractivity contribution is -0.117. The summed E-state index contributed by atoms with van der Waals surface area (Å²) < 4.78 is 0. The highest BCUT2D eigenvalue weighted by molar-refractivity contribution is 6.35. The van der Waals surface area contributed by atoms with Crippen LogP contribution in [0, 0.1) is 5.92 Å². The number of carbonyl (C=O) groups excluding carboxylic acids is 1. The zero-order chi connectivity index (χ0) is 14.1. The first-order valence-electron chi connectivity index (χ1n) is 6.46. The molecule has 1 amide bonds. The molecule has 1 N–H and O–H groups in total. The fraction of sp³-hybridized carbons (Fsp3) is 0.188. The molecule has 3 rings (SSSR count). The van der Waals surface area contributed by atoms with Crippen LogP contribution in [0.4, 0.5) is 5.69 Å². The summed E-state index contributed by atoms with van der Waals surface area (Å²) in [4.78, 5) is 12.2. The van der Waals surface area contributed by atoms with Crippen molar-refractivity contribution in [2.75, 3.05) is 5.32 Å². The van der Waals surface area contributed by atoms with Gasteiger partial charge in [-0.3, -0.25) is 4.79 Å². The Balaban J connectivity index is 1.68. The van der Waals surface area contributed by atoms with Crippen molar-refractivity contribution in [1.82, 2.24) is 0 Å². The maximum atomic E-state index is 12.2. The van der Waals surface area contributed by atoms with Crippen LogP contribution in [0.2, 0.25) is 10.0 Å². The average molecular weight is 306 g/mol. The Morgan fingerprint density at radius 3 is 2.60 bits per heavy atom. The monoisotopic (exact) mass is 305 g/mol. The van der Waals surface area contributed by atoms with E-state index < -0.39 is 0 Å². The molecule has 0 radical (unpaired) electrons. The molecule has 20 heavy (non-hydrogen) atoms. The van der Waals surface area contributed by atoms with Crippen LogP contribution in [-0.4, -0.2) is 5.91 Å². The van der Waals surface area contributed by atoms with Gasteiger partial charge in [0.05, 0.1) is 10.7 Å². The van der Waals surface area contributed by atoms with Gasteiger partial charge in [0.2, 0.25) is 5.91 Å². The first-order chi connectivity index (χ1) is 9.65. The average Bonchev–Trinajstić information content (AvgIpc) is 3.24. The van der Waals surface area contributed by atoms with Crippen LogP contribution in [0.25, 0.3) is 0 Å². The maximum Gasteiger partial charge on any atom is 0.228 e. The Bertz CT molecular complexity index is 642. The number of hydrogen-bond donors (Lipinski definition) is 1. The molecule has 2 atom stereocenters. The molecular formula is C16H13Cl2NO. The number of carbonyl (C=O) groups is 1. The van der Waals surface area contributed by atoms with Crippen molar-refractivity contribution in [1.29, 1.82) is 0 Å². The van der Waals surface area contributed by atoms with E-state index >= 15 is 0 Å². The Morgan fingerprint density at radius 1 is 1.10 bits per heavy atom. The summed E-state index contributed by atoms with van der Waals surface area (Å²) in [7, 11) is 0. The van der Waals surface area contributed by atoms with Gasteiger partial charge in [-0.25, -0.2) is 0 Å². The number of amides is 1. The van der Waals surface area contributed by atoms with E-state index in [0.29, 0.717) is 21.7 Å². The van der Waals surface area contributed by atoms with Crippen LogP contribution < -0.4 is 5.32 Å². The van der Waals surface area contributed by atoms with Crippen molar-refractivity contribution in [3.05, 3.63) is 64.1 Å². The summed E-state index contributed by atoms with van der Waals surface area (Å²) in [5, 5.41) is 3.91. The van der Waals surface area contributed by atoms with Gasteiger partial charge in [-0.05, 0) is 36.1 Å². The highest BCUT2D eigenvalue weighted by atomic mass is 35.5. The molecule has 0 heterocycles. The van der Waals surface area contributed by atoms with E-state index in [9.17, 15) is 4.79 Å². The fourth-order valence-electron chi connectivity index (χ4n) is 2.37. The number of rotatable bonds is 3. The Morgan fingerprint density at radius 2 is 1.85 bits per heavy atom. The standard InChI is InChI=1S/C16H13Cl2NO/c17-11-6-7-14(18)15(8-11)19-16(20)13-9-12(13)10-4-2-1-3-5-10/h1-8,12-13H,9H2,(H,19,20)/t12-,13+/m1/s1. The van der Waals surface area contributed by atoms with Crippen LogP contribution in [0.5, 0.6) is 0 Å². The quantitative estimate of drug-likeness (QED) is 0.872. The van der Waals surface area contributed by atoms with E-state index in [1.54, 1.807) is 18.2 Å². The number of benzene rings is 2. The molecule has 1 aliphatic carbocycles. The summed E-state index contributed by atoms with van der Waals surface area (Å²) in [6.07, 6.45) is 0.883. The minimum Gasteiger partial charge on any atom is -0.324 e. The minimum atomic E-state index is 0.00280. The third kappa shape index (κ3) is 2.82. The Hall–Kier alpha value is -1.51. The summed E-state index contributed by atoms with van der Waals surface area (Å²) in [5.41, 5.74) is 1.78. The summed E-state index contributed by atoms with van der Waals surface area (Å²) in [5.74, 6) is 0.338. The lowest BCUT2D eigenvalue weighted by Gasteiger charge is -2.07. The van der Waals surface area contributed by atoms with E-state index in [0.717, 1.165) is 6.42 Å². The fourth-order valence-corrected chi connectivity index (χ4v) is 2.71. The molecule has 4 heteroatoms. The molecule has 0 bridgehead atoms. The van der Waals surface area contributed by atoms with Crippen LogP contribution in [0.1, 0.15) is 17.9 Å². The topological polar surface area (TPSA) is 29.1 Å². The second-order valence-electron chi connectivity index (χ2n) is 4.97. The van der Waals surface area contributed by atoms with E-state index in [1.165, 1.54) is 5.56 Å². The molecule has 2 aromatic rings. The number of hydrogen-bond acceptors (Lipinski definition) is 1. The molecule has 0 saturated heterocycles. The first kappa shape index (κ1) is 13.5. The largest absolute Gasteiger partial charge is 0.324 e. The van der Waals surface area contributed by atoms with Crippen LogP contribution in [0.15, 0.2) is 48.5 Å². The molecule has 1 saturated carbocycles. The van der Waals surface area contributed by atoms with Crippen LogP contribution in [0.3, 0.4) is 0 Å². The van der Waals surface area contributed by atoms with Gasteiger partial charge in [-0.1, -0.05) is 53.5 Å². The molecule has 1 fully saturated rings. The molecule has 2 nitrogen and oxygen atoms in total. The van der Waals surface area contributed by atoms with Crippen LogP contribution in [-0.2, 0) is 4.79 Å². The third-order valence-electron chi connectivity index (χ3n) is 3.54. The van der Waals surface area contributed by atoms with Crippen molar-refractivity contribution >= 4 is 34.8 Å². The second-order valence-corrected chi connectivity index (χ2v) is 5.82. The summed E-state index contributed by atoms with van der Waals surface area (Å²) in [6.45, 7) is 0. The van der Waals surface area contributed by atoms with E-state index in [4.69, 9.17) is 23.2 Å². The van der Waals surface area contributed by atoms with Crippen LogP contribution >= 0.6 is 23.2 Å². The summed E-state index contributed by atoms with van der Waals surface area (Å²) >= 11 is 12.0. The van der Waals surface area contributed by atoms with Gasteiger partial charge in [0.25, 0.3) is 0 Å². The molecule has 1 aliphatic rings. The van der Waals surface area contributed by atoms with Gasteiger partial charge in [-0.15, -0.1) is 0 Å². The summed E-state index contributed by atoms with van der Waals surface area (Å²) in [6, 6.07) is 15.1. The zero-order valence-corrected chi connectivity index (χ0v) is 12.2. The normalized spacial score (nSPS) is 20.5. The van der Waals surface area contributed by atoms with E-state index in [1.807, 2.05) is 18.2 Å². The Labute approximate surface area is 127 Å². The van der Waals surface area contributed by atoms with Gasteiger partial charge >= 0.3 is 0 Å². The highest BCUT2D eigenvalue weighted by Crippen LogP contribution is 2.48. The number of halogens is 2. The lowest BCUT2D eigenvalue weighted by atomic mass is 10.1. The molecule has 0 unspecified atom stereocenters. The number of nitrogens with one attached hydrogen (secondary N) is 1. The minimum absolute atomic E-state index is 0.00280. The third-order valence-corrected chi connectivity index (χ3v) is 4.11. The van der Waals surface area contributed by atoms with Crippen molar-refractivity contribution in [3.63, 3.8) is 0 Å². The molecule has 0 aromatic heterocycles. The maximum absolute atomic E-state index is 12.2. The molecule has 102 valence electrons. The molecule has 2 aromatic carbocycles. The number of anilines is 1. The zero-order valence-electron chi connectivity index (χ0n) is 10.6. The van der Waals surface area contributed by atoms with Crippen molar-refractivity contribution < 1.29 is 4.79 Å². The Kier molecular flexibility index (Phi) is 3.68. The van der Waals surface area contributed by atoms with Gasteiger partial charge in [0.15, 0.2) is 0 Å². The predicted octanol–water partition coefficient (Wildman–Crippen LogP) is 4.74. The highest BCUT2D eigenvalue weighted by Gasteiger charge is 2.43. The van der Waals surface area contributed by atoms with E-state index in [2.05, 4.69) is 17.4 Å². The molecular weight excluding hydrogens is 293 g/mol. The smallest absolute Gasteiger partial charge is 0.228 e. The van der Waals surface area contributed by atoms with E-state index in [-0.39, 0.29) is 11.8 Å². The van der Waals surface area contributed by atoms with Gasteiger partial charge in [-0.2, -0.15) is 0 Å². The SMILES string of the molecule is O=C(Nc1cc(Cl)ccc1Cl)[C@H]1C[C@@H]1c1ccccc1. The van der Waals surface area contributed by atoms with Gasteiger partial charge < -0.3 is 5.32 Å². The second kappa shape index (κ2) is 5.47. The molecule has 0 aliphatic heterocycles.